The van der Waals surface area contributed by atoms with Gasteiger partial charge < -0.3 is 19.9 Å². The summed E-state index contributed by atoms with van der Waals surface area (Å²) >= 11 is 1.83. The lowest BCUT2D eigenvalue weighted by Crippen LogP contribution is -2.32. The fraction of sp³-hybridized carbons (Fsp3) is 0.333. The second-order valence-corrected chi connectivity index (χ2v) is 8.72. The number of nitrogens with one attached hydrogen (secondary N) is 2. The van der Waals surface area contributed by atoms with Crippen molar-refractivity contribution < 1.29 is 14.3 Å². The molecule has 6 nitrogen and oxygen atoms in total. The predicted octanol–water partition coefficient (Wildman–Crippen LogP) is 5.48. The van der Waals surface area contributed by atoms with Gasteiger partial charge in [-0.3, -0.25) is 0 Å². The number of rotatable bonds is 6. The molecule has 0 saturated heterocycles. The van der Waals surface area contributed by atoms with Crippen LogP contribution in [0.5, 0.6) is 0 Å². The molecule has 0 radical (unpaired) electrons. The summed E-state index contributed by atoms with van der Waals surface area (Å²) in [7, 11) is 0. The van der Waals surface area contributed by atoms with Gasteiger partial charge in [0.15, 0.2) is 0 Å². The van der Waals surface area contributed by atoms with Gasteiger partial charge in [0.1, 0.15) is 5.00 Å². The van der Waals surface area contributed by atoms with Crippen LogP contribution >= 0.6 is 11.3 Å². The number of esters is 1. The minimum atomic E-state index is -0.369. The molecule has 0 spiro atoms. The molecule has 0 saturated carbocycles. The van der Waals surface area contributed by atoms with E-state index in [9.17, 15) is 9.59 Å². The molecule has 2 N–H and O–H groups in total. The van der Waals surface area contributed by atoms with Gasteiger partial charge >= 0.3 is 12.0 Å². The molecule has 1 aliphatic rings. The van der Waals surface area contributed by atoms with Crippen molar-refractivity contribution in [3.8, 4) is 5.00 Å². The Bertz CT molecular complexity index is 1050. The first-order valence-corrected chi connectivity index (χ1v) is 11.5. The van der Waals surface area contributed by atoms with E-state index in [1.165, 1.54) is 33.8 Å². The minimum absolute atomic E-state index is 0.130. The average Bonchev–Trinajstić information content (AvgIpc) is 3.42. The van der Waals surface area contributed by atoms with E-state index >= 15 is 0 Å². The van der Waals surface area contributed by atoms with E-state index in [1.807, 2.05) is 30.4 Å². The third-order valence-corrected chi connectivity index (χ3v) is 6.79. The summed E-state index contributed by atoms with van der Waals surface area (Å²) in [4.78, 5) is 25.9. The molecule has 0 fully saturated rings. The van der Waals surface area contributed by atoms with Crippen LogP contribution in [0.25, 0.3) is 5.00 Å². The highest BCUT2D eigenvalue weighted by atomic mass is 32.1. The number of carbonyl (C=O) groups excluding carboxylic acids is 2. The molecule has 2 heterocycles. The summed E-state index contributed by atoms with van der Waals surface area (Å²) in [6, 6.07) is 10.3. The Morgan fingerprint density at radius 2 is 1.84 bits per heavy atom. The fourth-order valence-electron chi connectivity index (χ4n) is 4.02. The normalized spacial score (nSPS) is 13.9. The summed E-state index contributed by atoms with van der Waals surface area (Å²) in [6.45, 7) is 4.13. The highest BCUT2D eigenvalue weighted by Gasteiger charge is 2.26. The van der Waals surface area contributed by atoms with E-state index < -0.39 is 0 Å². The van der Waals surface area contributed by atoms with Gasteiger partial charge in [0.2, 0.25) is 0 Å². The molecule has 0 aliphatic heterocycles. The second-order valence-electron chi connectivity index (χ2n) is 7.64. The number of benzene rings is 1. The average molecular weight is 438 g/mol. The molecular weight excluding hydrogens is 410 g/mol. The maximum absolute atomic E-state index is 12.7. The molecular formula is C24H27N3O3S. The molecule has 7 heteroatoms. The number of thiophene rings is 1. The molecule has 162 valence electrons. The highest BCUT2D eigenvalue weighted by Crippen LogP contribution is 2.40. The van der Waals surface area contributed by atoms with Crippen molar-refractivity contribution in [2.45, 2.75) is 45.6 Å². The van der Waals surface area contributed by atoms with Gasteiger partial charge in [0, 0.05) is 28.5 Å². The molecule has 2 aromatic heterocycles. The molecule has 31 heavy (non-hydrogen) atoms. The van der Waals surface area contributed by atoms with E-state index in [0.29, 0.717) is 17.9 Å². The largest absolute Gasteiger partial charge is 0.462 e. The van der Waals surface area contributed by atoms with Crippen LogP contribution in [0.15, 0.2) is 48.8 Å². The van der Waals surface area contributed by atoms with E-state index in [1.54, 1.807) is 31.2 Å². The van der Waals surface area contributed by atoms with Crippen LogP contribution in [0, 0.1) is 0 Å². The maximum atomic E-state index is 12.7. The topological polar surface area (TPSA) is 72.4 Å². The Kier molecular flexibility index (Phi) is 6.42. The maximum Gasteiger partial charge on any atom is 0.338 e. The van der Waals surface area contributed by atoms with E-state index in [0.717, 1.165) is 12.8 Å². The number of carbonyl (C=O) groups is 2. The number of aryl methyl sites for hydroxylation is 1. The Morgan fingerprint density at radius 3 is 2.55 bits per heavy atom. The number of ether oxygens (including phenoxy) is 1. The van der Waals surface area contributed by atoms with E-state index in [2.05, 4.69) is 27.6 Å². The van der Waals surface area contributed by atoms with Crippen LogP contribution in [0.4, 0.5) is 10.5 Å². The minimum Gasteiger partial charge on any atom is -0.462 e. The third-order valence-electron chi connectivity index (χ3n) is 5.47. The van der Waals surface area contributed by atoms with Gasteiger partial charge in [0.05, 0.1) is 18.2 Å². The van der Waals surface area contributed by atoms with Crippen molar-refractivity contribution in [3.63, 3.8) is 0 Å². The van der Waals surface area contributed by atoms with Crippen molar-refractivity contribution in [2.75, 3.05) is 11.9 Å². The molecule has 1 aromatic carbocycles. The Balaban J connectivity index is 1.48. The number of urea groups is 1. The Hall–Kier alpha value is -3.06. The van der Waals surface area contributed by atoms with Crippen LogP contribution in [-0.2, 0) is 17.6 Å². The molecule has 3 aromatic rings. The van der Waals surface area contributed by atoms with Gasteiger partial charge in [0.25, 0.3) is 0 Å². The third kappa shape index (κ3) is 4.66. The van der Waals surface area contributed by atoms with Crippen molar-refractivity contribution in [1.82, 2.24) is 9.88 Å². The van der Waals surface area contributed by atoms with Gasteiger partial charge in [-0.15, -0.1) is 11.3 Å². The molecule has 0 unspecified atom stereocenters. The van der Waals surface area contributed by atoms with Crippen molar-refractivity contribution in [1.29, 1.82) is 0 Å². The number of hydrogen-bond donors (Lipinski definition) is 2. The lowest BCUT2D eigenvalue weighted by Gasteiger charge is -2.20. The van der Waals surface area contributed by atoms with Gasteiger partial charge in [-0.25, -0.2) is 9.59 Å². The standard InChI is InChI=1S/C24H27N3O3S/c1-3-30-23(28)17-10-12-18(13-11-17)26-24(29)25-16(2)21-19-8-4-5-9-20(19)31-22(21)27-14-6-7-15-27/h6-7,10-16H,3-5,8-9H2,1-2H3,(H2,25,26,29)/t16-/m1/s1. The van der Waals surface area contributed by atoms with Crippen LogP contribution in [-0.4, -0.2) is 23.2 Å². The van der Waals surface area contributed by atoms with Crippen molar-refractivity contribution >= 4 is 29.0 Å². The zero-order valence-electron chi connectivity index (χ0n) is 17.8. The molecule has 0 bridgehead atoms. The summed E-state index contributed by atoms with van der Waals surface area (Å²) in [5, 5.41) is 7.14. The first kappa shape index (κ1) is 21.2. The lowest BCUT2D eigenvalue weighted by molar-refractivity contribution is 0.0526. The van der Waals surface area contributed by atoms with Gasteiger partial charge in [-0.05, 0) is 81.5 Å². The van der Waals surface area contributed by atoms with Crippen molar-refractivity contribution in [3.05, 3.63) is 70.4 Å². The molecule has 1 atom stereocenters. The highest BCUT2D eigenvalue weighted by molar-refractivity contribution is 7.15. The van der Waals surface area contributed by atoms with Crippen LogP contribution in [0.2, 0.25) is 0 Å². The zero-order chi connectivity index (χ0) is 21.8. The first-order valence-electron chi connectivity index (χ1n) is 10.7. The van der Waals surface area contributed by atoms with Gasteiger partial charge in [-0.1, -0.05) is 0 Å². The Labute approximate surface area is 186 Å². The summed E-state index contributed by atoms with van der Waals surface area (Å²) in [5.41, 5.74) is 3.69. The number of fused-ring (bicyclic) bond motifs is 1. The molecule has 4 rings (SSSR count). The van der Waals surface area contributed by atoms with E-state index in [4.69, 9.17) is 4.74 Å². The molecule has 2 amide bonds. The fourth-order valence-corrected chi connectivity index (χ4v) is 5.48. The zero-order valence-corrected chi connectivity index (χ0v) is 18.6. The predicted molar refractivity (Wildman–Crippen MR) is 123 cm³/mol. The summed E-state index contributed by atoms with van der Waals surface area (Å²) < 4.78 is 7.13. The van der Waals surface area contributed by atoms with Crippen LogP contribution in [0.3, 0.4) is 0 Å². The van der Waals surface area contributed by atoms with Gasteiger partial charge in [-0.2, -0.15) is 0 Å². The number of aromatic nitrogens is 1. The number of amides is 2. The summed E-state index contributed by atoms with van der Waals surface area (Å²) in [5.74, 6) is -0.369. The number of hydrogen-bond acceptors (Lipinski definition) is 4. The van der Waals surface area contributed by atoms with Crippen LogP contribution < -0.4 is 10.6 Å². The van der Waals surface area contributed by atoms with E-state index in [-0.39, 0.29) is 18.0 Å². The number of nitrogens with zero attached hydrogens (tertiary/aromatic N) is 1. The second kappa shape index (κ2) is 9.39. The Morgan fingerprint density at radius 1 is 1.13 bits per heavy atom. The number of anilines is 1. The smallest absolute Gasteiger partial charge is 0.338 e. The monoisotopic (exact) mass is 437 g/mol. The molecule has 1 aliphatic carbocycles. The van der Waals surface area contributed by atoms with Crippen molar-refractivity contribution in [2.24, 2.45) is 0 Å². The quantitative estimate of drug-likeness (QED) is 0.502. The summed E-state index contributed by atoms with van der Waals surface area (Å²) in [6.07, 6.45) is 8.69. The SMILES string of the molecule is CCOC(=O)c1ccc(NC(=O)N[C@H](C)c2c(-n3cccc3)sc3c2CCCC3)cc1. The lowest BCUT2D eigenvalue weighted by atomic mass is 9.93. The first-order chi connectivity index (χ1) is 15.1. The van der Waals surface area contributed by atoms with Crippen LogP contribution in [0.1, 0.15) is 59.1 Å².